The summed E-state index contributed by atoms with van der Waals surface area (Å²) < 4.78 is 0. The first-order chi connectivity index (χ1) is 10.9. The minimum absolute atomic E-state index is 0.298. The van der Waals surface area contributed by atoms with Gasteiger partial charge in [-0.05, 0) is 43.4 Å². The zero-order valence-corrected chi connectivity index (χ0v) is 13.4. The largest absolute Gasteiger partial charge is 0.296 e. The second kappa shape index (κ2) is 5.69. The summed E-state index contributed by atoms with van der Waals surface area (Å²) in [4.78, 5) is 2.40. The van der Waals surface area contributed by atoms with E-state index >= 15 is 0 Å². The summed E-state index contributed by atoms with van der Waals surface area (Å²) >= 11 is 1.72. The van der Waals surface area contributed by atoms with Crippen LogP contribution in [0.15, 0.2) is 65.8 Å². The summed E-state index contributed by atoms with van der Waals surface area (Å²) in [6.45, 7) is 0. The van der Waals surface area contributed by atoms with E-state index in [1.54, 1.807) is 11.8 Å². The van der Waals surface area contributed by atoms with Gasteiger partial charge in [0.1, 0.15) is 6.17 Å². The van der Waals surface area contributed by atoms with E-state index in [2.05, 4.69) is 76.8 Å². The van der Waals surface area contributed by atoms with Crippen LogP contribution in [-0.4, -0.2) is 17.6 Å². The highest BCUT2D eigenvalue weighted by Crippen LogP contribution is 2.44. The van der Waals surface area contributed by atoms with Gasteiger partial charge >= 0.3 is 0 Å². The number of rotatable bonds is 3. The van der Waals surface area contributed by atoms with Crippen molar-refractivity contribution in [3.05, 3.63) is 60.7 Å². The van der Waals surface area contributed by atoms with Crippen molar-refractivity contribution in [2.75, 3.05) is 16.2 Å². The van der Waals surface area contributed by atoms with Crippen molar-refractivity contribution in [1.82, 2.24) is 0 Å². The van der Waals surface area contributed by atoms with Crippen LogP contribution in [0.2, 0.25) is 0 Å². The van der Waals surface area contributed by atoms with Crippen LogP contribution in [0.5, 0.6) is 0 Å². The number of hydrogen-bond donors (Lipinski definition) is 0. The molecule has 1 unspecified atom stereocenters. The van der Waals surface area contributed by atoms with Crippen molar-refractivity contribution in [1.29, 1.82) is 0 Å². The van der Waals surface area contributed by atoms with E-state index in [0.717, 1.165) is 5.17 Å². The summed E-state index contributed by atoms with van der Waals surface area (Å²) in [5.74, 6) is 0.689. The summed E-state index contributed by atoms with van der Waals surface area (Å²) in [5.41, 5.74) is 2.40. The maximum absolute atomic E-state index is 4.92. The quantitative estimate of drug-likeness (QED) is 0.838. The maximum atomic E-state index is 4.92. The van der Waals surface area contributed by atoms with Crippen molar-refractivity contribution < 1.29 is 0 Å². The van der Waals surface area contributed by atoms with E-state index in [9.17, 15) is 0 Å². The number of benzene rings is 2. The van der Waals surface area contributed by atoms with Gasteiger partial charge in [0.25, 0.3) is 0 Å². The van der Waals surface area contributed by atoms with Gasteiger partial charge in [0.05, 0.1) is 5.69 Å². The molecule has 0 radical (unpaired) electrons. The number of hydrogen-bond acceptors (Lipinski definition) is 4. The third kappa shape index (κ3) is 2.37. The Balaban J connectivity index is 1.76. The van der Waals surface area contributed by atoms with Gasteiger partial charge < -0.3 is 0 Å². The Morgan fingerprint density at radius 2 is 1.50 bits per heavy atom. The summed E-state index contributed by atoms with van der Waals surface area (Å²) in [6, 6.07) is 21.1. The molecule has 1 aliphatic heterocycles. The second-order valence-corrected chi connectivity index (χ2v) is 6.50. The number of para-hydroxylation sites is 2. The predicted molar refractivity (Wildman–Crippen MR) is 95.3 cm³/mol. The molecule has 2 aromatic carbocycles. The first kappa shape index (κ1) is 13.7. The van der Waals surface area contributed by atoms with Gasteiger partial charge in [0, 0.05) is 11.6 Å². The van der Waals surface area contributed by atoms with Crippen LogP contribution < -0.4 is 9.91 Å². The monoisotopic (exact) mass is 309 g/mol. The highest BCUT2D eigenvalue weighted by Gasteiger charge is 2.45. The van der Waals surface area contributed by atoms with E-state index in [1.165, 1.54) is 24.2 Å². The van der Waals surface area contributed by atoms with Crippen LogP contribution in [0.3, 0.4) is 0 Å². The van der Waals surface area contributed by atoms with Gasteiger partial charge in [-0.2, -0.15) is 0 Å². The Morgan fingerprint density at radius 3 is 2.05 bits per heavy atom. The van der Waals surface area contributed by atoms with Crippen LogP contribution in [0.25, 0.3) is 0 Å². The Bertz CT molecular complexity index is 667. The molecular weight excluding hydrogens is 290 g/mol. The van der Waals surface area contributed by atoms with E-state index in [4.69, 9.17) is 5.10 Å². The van der Waals surface area contributed by atoms with Crippen molar-refractivity contribution in [2.45, 2.75) is 19.0 Å². The second-order valence-electron chi connectivity index (χ2n) is 5.72. The highest BCUT2D eigenvalue weighted by molar-refractivity contribution is 8.13. The van der Waals surface area contributed by atoms with Crippen molar-refractivity contribution >= 4 is 28.3 Å². The van der Waals surface area contributed by atoms with Crippen molar-refractivity contribution in [3.63, 3.8) is 0 Å². The Labute approximate surface area is 135 Å². The van der Waals surface area contributed by atoms with E-state index in [1.807, 2.05) is 0 Å². The van der Waals surface area contributed by atoms with E-state index in [0.29, 0.717) is 12.1 Å². The van der Waals surface area contributed by atoms with Crippen molar-refractivity contribution in [2.24, 2.45) is 11.0 Å². The first-order valence-electron chi connectivity index (χ1n) is 7.69. The van der Waals surface area contributed by atoms with Crippen LogP contribution in [-0.2, 0) is 0 Å². The molecule has 2 aromatic rings. The summed E-state index contributed by atoms with van der Waals surface area (Å²) in [5, 5.41) is 8.20. The SMILES string of the molecule is CSC1=NN(c2ccccc2)C(C2CC2)N1c1ccccc1. The molecule has 1 fully saturated rings. The lowest BCUT2D eigenvalue weighted by Crippen LogP contribution is -2.43. The zero-order chi connectivity index (χ0) is 14.9. The van der Waals surface area contributed by atoms with Gasteiger partial charge in [-0.25, -0.2) is 5.01 Å². The minimum Gasteiger partial charge on any atom is -0.296 e. The Kier molecular flexibility index (Phi) is 3.54. The third-order valence-electron chi connectivity index (χ3n) is 4.20. The molecule has 1 heterocycles. The molecule has 112 valence electrons. The van der Waals surface area contributed by atoms with E-state index in [-0.39, 0.29) is 0 Å². The lowest BCUT2D eigenvalue weighted by Gasteiger charge is -2.31. The van der Waals surface area contributed by atoms with Gasteiger partial charge in [-0.15, -0.1) is 5.10 Å². The summed E-state index contributed by atoms with van der Waals surface area (Å²) in [7, 11) is 0. The van der Waals surface area contributed by atoms with Crippen LogP contribution in [0.4, 0.5) is 11.4 Å². The smallest absolute Gasteiger partial charge is 0.189 e. The predicted octanol–water partition coefficient (Wildman–Crippen LogP) is 4.38. The minimum atomic E-state index is 0.298. The third-order valence-corrected chi connectivity index (χ3v) is 4.84. The molecule has 22 heavy (non-hydrogen) atoms. The molecule has 0 N–H and O–H groups in total. The number of anilines is 2. The number of hydrazone groups is 1. The fourth-order valence-corrected chi connectivity index (χ4v) is 3.59. The molecule has 0 amide bonds. The van der Waals surface area contributed by atoms with Gasteiger partial charge in [-0.3, -0.25) is 4.90 Å². The average Bonchev–Trinajstić information content (AvgIpc) is 3.36. The summed E-state index contributed by atoms with van der Waals surface area (Å²) in [6.07, 6.45) is 4.98. The number of amidine groups is 1. The molecule has 4 rings (SSSR count). The van der Waals surface area contributed by atoms with Gasteiger partial charge in [0.15, 0.2) is 5.17 Å². The van der Waals surface area contributed by atoms with Crippen LogP contribution >= 0.6 is 11.8 Å². The molecule has 0 saturated heterocycles. The molecule has 0 spiro atoms. The van der Waals surface area contributed by atoms with Gasteiger partial charge in [0.2, 0.25) is 0 Å². The molecule has 1 atom stereocenters. The molecule has 4 heteroatoms. The Hall–Kier alpha value is -1.94. The molecular formula is C18H19N3S. The first-order valence-corrected chi connectivity index (χ1v) is 8.92. The molecule has 3 nitrogen and oxygen atoms in total. The zero-order valence-electron chi connectivity index (χ0n) is 12.6. The number of nitrogens with zero attached hydrogens (tertiary/aromatic N) is 3. The average molecular weight is 309 g/mol. The highest BCUT2D eigenvalue weighted by atomic mass is 32.2. The fourth-order valence-electron chi connectivity index (χ4n) is 3.01. The lowest BCUT2D eigenvalue weighted by molar-refractivity contribution is 0.586. The topological polar surface area (TPSA) is 18.8 Å². The fraction of sp³-hybridized carbons (Fsp3) is 0.278. The lowest BCUT2D eigenvalue weighted by atomic mass is 10.2. The van der Waals surface area contributed by atoms with Crippen molar-refractivity contribution in [3.8, 4) is 0 Å². The van der Waals surface area contributed by atoms with Crippen LogP contribution in [0.1, 0.15) is 12.8 Å². The maximum Gasteiger partial charge on any atom is 0.189 e. The molecule has 1 aliphatic carbocycles. The number of thioether (sulfide) groups is 1. The molecule has 1 saturated carbocycles. The van der Waals surface area contributed by atoms with Gasteiger partial charge in [-0.1, -0.05) is 48.2 Å². The van der Waals surface area contributed by atoms with E-state index < -0.39 is 0 Å². The molecule has 0 bridgehead atoms. The normalized spacial score (nSPS) is 21.1. The standard InChI is InChI=1S/C18H19N3S/c1-22-18-19-21(16-10-6-3-7-11-16)17(14-12-13-14)20(18)15-8-4-2-5-9-15/h2-11,14,17H,12-13H2,1H3. The van der Waals surface area contributed by atoms with Crippen LogP contribution in [0, 0.1) is 5.92 Å². The molecule has 0 aromatic heterocycles. The molecule has 2 aliphatic rings. The Morgan fingerprint density at radius 1 is 0.909 bits per heavy atom.